The van der Waals surface area contributed by atoms with Crippen molar-refractivity contribution in [3.8, 4) is 11.4 Å². The second kappa shape index (κ2) is 8.47. The number of hydrogen-bond acceptors (Lipinski definition) is 4. The van der Waals surface area contributed by atoms with Crippen LogP contribution in [-0.4, -0.2) is 15.5 Å². The molecule has 0 aliphatic rings. The van der Waals surface area contributed by atoms with E-state index in [0.29, 0.717) is 28.2 Å². The second-order valence-corrected chi connectivity index (χ2v) is 7.43. The highest BCUT2D eigenvalue weighted by atomic mass is 79.9. The van der Waals surface area contributed by atoms with Gasteiger partial charge in [-0.1, -0.05) is 42.5 Å². The summed E-state index contributed by atoms with van der Waals surface area (Å²) in [6.07, 6.45) is 3.61. The van der Waals surface area contributed by atoms with Gasteiger partial charge in [-0.3, -0.25) is 14.2 Å². The fourth-order valence-corrected chi connectivity index (χ4v) is 3.61. The van der Waals surface area contributed by atoms with Crippen molar-refractivity contribution in [2.75, 3.05) is 0 Å². The van der Waals surface area contributed by atoms with Crippen LogP contribution >= 0.6 is 15.9 Å². The Bertz CT molecular complexity index is 1340. The Morgan fingerprint density at radius 2 is 1.77 bits per heavy atom. The molecule has 0 radical (unpaired) electrons. The highest BCUT2D eigenvalue weighted by Gasteiger charge is 2.13. The van der Waals surface area contributed by atoms with Crippen molar-refractivity contribution in [3.05, 3.63) is 99.0 Å². The number of hydrogen-bond donors (Lipinski definition) is 0. The van der Waals surface area contributed by atoms with Gasteiger partial charge in [0.1, 0.15) is 11.6 Å². The average molecular weight is 461 g/mol. The van der Waals surface area contributed by atoms with Crippen LogP contribution in [0.1, 0.15) is 18.3 Å². The minimum absolute atomic E-state index is 0.152. The minimum atomic E-state index is -0.380. The zero-order chi connectivity index (χ0) is 21.1. The first-order valence-corrected chi connectivity index (χ1v) is 10.1. The maximum atomic E-state index is 13.3. The van der Waals surface area contributed by atoms with Gasteiger partial charge in [-0.2, -0.15) is 0 Å². The Labute approximate surface area is 181 Å². The first-order valence-electron chi connectivity index (χ1n) is 9.26. The van der Waals surface area contributed by atoms with Crippen molar-refractivity contribution in [1.29, 1.82) is 0 Å². The van der Waals surface area contributed by atoms with Crippen LogP contribution in [0.15, 0.2) is 82.1 Å². The number of carbonyl (C=O) groups is 1. The molecule has 0 fully saturated rings. The molecule has 1 heterocycles. The second-order valence-electron chi connectivity index (χ2n) is 6.58. The fraction of sp³-hybridized carbons (Fsp3) is 0.0417. The van der Waals surface area contributed by atoms with Crippen LogP contribution in [0.25, 0.3) is 28.7 Å². The van der Waals surface area contributed by atoms with E-state index < -0.39 is 0 Å². The van der Waals surface area contributed by atoms with Gasteiger partial charge in [0.2, 0.25) is 0 Å². The Kier molecular flexibility index (Phi) is 5.59. The van der Waals surface area contributed by atoms with Gasteiger partial charge in [0.05, 0.1) is 16.6 Å². The normalized spacial score (nSPS) is 11.1. The summed E-state index contributed by atoms with van der Waals surface area (Å²) in [5.74, 6) is 0.567. The molecule has 148 valence electrons. The van der Waals surface area contributed by atoms with Crippen LogP contribution in [0.3, 0.4) is 0 Å². The lowest BCUT2D eigenvalue weighted by molar-refractivity contribution is -0.131. The number of aromatic nitrogens is 2. The van der Waals surface area contributed by atoms with Crippen molar-refractivity contribution < 1.29 is 9.53 Å². The van der Waals surface area contributed by atoms with Crippen molar-refractivity contribution in [2.45, 2.75) is 6.92 Å². The molecule has 0 saturated heterocycles. The Balaban J connectivity index is 1.87. The number of fused-ring (bicyclic) bond motifs is 1. The minimum Gasteiger partial charge on any atom is -0.427 e. The van der Waals surface area contributed by atoms with E-state index in [9.17, 15) is 9.59 Å². The lowest BCUT2D eigenvalue weighted by Gasteiger charge is -2.13. The van der Waals surface area contributed by atoms with Crippen molar-refractivity contribution >= 4 is 45.0 Å². The smallest absolute Gasteiger partial charge is 0.308 e. The van der Waals surface area contributed by atoms with E-state index in [1.807, 2.05) is 54.6 Å². The number of esters is 1. The molecule has 6 heteroatoms. The summed E-state index contributed by atoms with van der Waals surface area (Å²) < 4.78 is 7.51. The third-order valence-electron chi connectivity index (χ3n) is 4.44. The van der Waals surface area contributed by atoms with Crippen molar-refractivity contribution in [3.63, 3.8) is 0 Å². The zero-order valence-corrected chi connectivity index (χ0v) is 17.7. The maximum absolute atomic E-state index is 13.3. The van der Waals surface area contributed by atoms with Crippen molar-refractivity contribution in [2.24, 2.45) is 0 Å². The number of nitrogens with zero attached hydrogens (tertiary/aromatic N) is 2. The average Bonchev–Trinajstić information content (AvgIpc) is 2.73. The zero-order valence-electron chi connectivity index (χ0n) is 16.1. The molecule has 0 unspecified atom stereocenters. The van der Waals surface area contributed by atoms with Gasteiger partial charge in [0, 0.05) is 11.4 Å². The lowest BCUT2D eigenvalue weighted by atomic mass is 10.2. The standard InChI is InChI=1S/C24H17BrN2O3/c1-16(28)30-18-8-6-7-17(15-18)13-14-23-26-21-11-4-2-9-19(21)24(29)27(23)22-12-5-3-10-20(22)25/h2-15H,1H3/b14-13+. The first-order chi connectivity index (χ1) is 14.5. The maximum Gasteiger partial charge on any atom is 0.308 e. The van der Waals surface area contributed by atoms with Gasteiger partial charge in [0.15, 0.2) is 0 Å². The predicted octanol–water partition coefficient (Wildman–Crippen LogP) is 5.24. The van der Waals surface area contributed by atoms with Crippen molar-refractivity contribution in [1.82, 2.24) is 9.55 Å². The van der Waals surface area contributed by atoms with Gasteiger partial charge in [-0.25, -0.2) is 4.98 Å². The first kappa shape index (κ1) is 19.8. The Hall–Kier alpha value is -3.51. The molecule has 0 saturated carbocycles. The van der Waals surface area contributed by atoms with Crippen LogP contribution in [0, 0.1) is 0 Å². The quantitative estimate of drug-likeness (QED) is 0.308. The predicted molar refractivity (Wildman–Crippen MR) is 122 cm³/mol. The number of halogens is 1. The van der Waals surface area contributed by atoms with E-state index >= 15 is 0 Å². The fourth-order valence-electron chi connectivity index (χ4n) is 3.15. The molecule has 0 amide bonds. The number of para-hydroxylation sites is 2. The number of benzene rings is 3. The molecule has 0 N–H and O–H groups in total. The Morgan fingerprint density at radius 3 is 2.57 bits per heavy atom. The summed E-state index contributed by atoms with van der Waals surface area (Å²) in [5, 5.41) is 0.544. The molecule has 1 aromatic heterocycles. The summed E-state index contributed by atoms with van der Waals surface area (Å²) >= 11 is 3.53. The van der Waals surface area contributed by atoms with Crippen LogP contribution < -0.4 is 10.3 Å². The Morgan fingerprint density at radius 1 is 1.00 bits per heavy atom. The molecule has 0 aliphatic heterocycles. The number of carbonyl (C=O) groups excluding carboxylic acids is 1. The molecule has 30 heavy (non-hydrogen) atoms. The molecule has 3 aromatic carbocycles. The summed E-state index contributed by atoms with van der Waals surface area (Å²) in [6.45, 7) is 1.36. The molecule has 4 rings (SSSR count). The summed E-state index contributed by atoms with van der Waals surface area (Å²) in [4.78, 5) is 29.2. The van der Waals surface area contributed by atoms with E-state index in [1.54, 1.807) is 34.9 Å². The van der Waals surface area contributed by atoms with Gasteiger partial charge in [0.25, 0.3) is 5.56 Å². The van der Waals surface area contributed by atoms with E-state index in [4.69, 9.17) is 9.72 Å². The van der Waals surface area contributed by atoms with Gasteiger partial charge >= 0.3 is 5.97 Å². The molecule has 0 aliphatic carbocycles. The van der Waals surface area contributed by atoms with E-state index in [0.717, 1.165) is 10.0 Å². The molecule has 0 bridgehead atoms. The third kappa shape index (κ3) is 4.09. The summed E-state index contributed by atoms with van der Waals surface area (Å²) in [5.41, 5.74) is 1.99. The lowest BCUT2D eigenvalue weighted by Crippen LogP contribution is -2.22. The molecule has 5 nitrogen and oxygen atoms in total. The van der Waals surface area contributed by atoms with Gasteiger partial charge in [-0.05, 0) is 64.0 Å². The molecular weight excluding hydrogens is 444 g/mol. The van der Waals surface area contributed by atoms with Gasteiger partial charge in [-0.15, -0.1) is 0 Å². The molecule has 0 atom stereocenters. The number of rotatable bonds is 4. The summed E-state index contributed by atoms with van der Waals surface area (Å²) in [6, 6.07) is 21.9. The van der Waals surface area contributed by atoms with Crippen LogP contribution in [0.5, 0.6) is 5.75 Å². The van der Waals surface area contributed by atoms with Crippen LogP contribution in [0.2, 0.25) is 0 Å². The highest BCUT2D eigenvalue weighted by molar-refractivity contribution is 9.10. The van der Waals surface area contributed by atoms with E-state index in [2.05, 4.69) is 15.9 Å². The summed E-state index contributed by atoms with van der Waals surface area (Å²) in [7, 11) is 0. The van der Waals surface area contributed by atoms with E-state index in [1.165, 1.54) is 6.92 Å². The highest BCUT2D eigenvalue weighted by Crippen LogP contribution is 2.23. The van der Waals surface area contributed by atoms with Crippen LogP contribution in [0.4, 0.5) is 0 Å². The SMILES string of the molecule is CC(=O)Oc1cccc(/C=C/c2nc3ccccc3c(=O)n2-c2ccccc2Br)c1. The monoisotopic (exact) mass is 460 g/mol. The molecular formula is C24H17BrN2O3. The topological polar surface area (TPSA) is 61.2 Å². The largest absolute Gasteiger partial charge is 0.427 e. The van der Waals surface area contributed by atoms with Gasteiger partial charge < -0.3 is 4.74 Å². The molecule has 4 aromatic rings. The molecule has 0 spiro atoms. The van der Waals surface area contributed by atoms with Crippen LogP contribution in [-0.2, 0) is 4.79 Å². The van der Waals surface area contributed by atoms with E-state index in [-0.39, 0.29) is 11.5 Å². The number of ether oxygens (including phenoxy) is 1. The third-order valence-corrected chi connectivity index (χ3v) is 5.11.